The standard InChI is InChI=1S/C11H16ClN3O4S/c1-8-4-6-13-11(12)10(8)14-20(17,18)15(2)7-5-9(16)19-3/h4,6,14H,5,7H2,1-3H3. The number of aromatic nitrogens is 1. The fourth-order valence-corrected chi connectivity index (χ4v) is 2.64. The summed E-state index contributed by atoms with van der Waals surface area (Å²) in [5.74, 6) is -0.484. The molecule has 0 aliphatic carbocycles. The summed E-state index contributed by atoms with van der Waals surface area (Å²) in [4.78, 5) is 14.8. The molecule has 0 aromatic carbocycles. The molecule has 0 aliphatic heterocycles. The highest BCUT2D eigenvalue weighted by atomic mass is 35.5. The van der Waals surface area contributed by atoms with E-state index in [2.05, 4.69) is 14.4 Å². The maximum atomic E-state index is 12.1. The van der Waals surface area contributed by atoms with Gasteiger partial charge in [-0.2, -0.15) is 12.7 Å². The van der Waals surface area contributed by atoms with Crippen molar-refractivity contribution in [1.82, 2.24) is 9.29 Å². The smallest absolute Gasteiger partial charge is 0.306 e. The van der Waals surface area contributed by atoms with E-state index in [1.807, 2.05) is 0 Å². The number of pyridine rings is 1. The third-order valence-electron chi connectivity index (χ3n) is 2.61. The van der Waals surface area contributed by atoms with Crippen molar-refractivity contribution in [3.05, 3.63) is 23.0 Å². The molecule has 0 saturated heterocycles. The van der Waals surface area contributed by atoms with Gasteiger partial charge in [0, 0.05) is 19.8 Å². The van der Waals surface area contributed by atoms with Crippen LogP contribution in [0.15, 0.2) is 12.3 Å². The lowest BCUT2D eigenvalue weighted by atomic mass is 10.3. The van der Waals surface area contributed by atoms with Crippen LogP contribution in [0.3, 0.4) is 0 Å². The Morgan fingerprint density at radius 3 is 2.75 bits per heavy atom. The van der Waals surface area contributed by atoms with Gasteiger partial charge in [0.05, 0.1) is 19.2 Å². The van der Waals surface area contributed by atoms with Crippen molar-refractivity contribution in [2.24, 2.45) is 0 Å². The second-order valence-corrected chi connectivity index (χ2v) is 6.18. The Morgan fingerprint density at radius 1 is 1.55 bits per heavy atom. The Balaban J connectivity index is 2.82. The third-order valence-corrected chi connectivity index (χ3v) is 4.36. The van der Waals surface area contributed by atoms with Crippen LogP contribution in [0.4, 0.5) is 5.69 Å². The van der Waals surface area contributed by atoms with Gasteiger partial charge in [-0.3, -0.25) is 9.52 Å². The molecule has 1 heterocycles. The number of methoxy groups -OCH3 is 1. The molecule has 1 aromatic heterocycles. The fourth-order valence-electron chi connectivity index (χ4n) is 1.33. The summed E-state index contributed by atoms with van der Waals surface area (Å²) in [5, 5.41) is 0.0648. The van der Waals surface area contributed by atoms with Gasteiger partial charge >= 0.3 is 16.2 Å². The minimum Gasteiger partial charge on any atom is -0.469 e. The SMILES string of the molecule is COC(=O)CCN(C)S(=O)(=O)Nc1c(C)ccnc1Cl. The number of nitrogens with one attached hydrogen (secondary N) is 1. The number of carbonyl (C=O) groups is 1. The van der Waals surface area contributed by atoms with Gasteiger partial charge in [0.15, 0.2) is 5.15 Å². The average Bonchev–Trinajstić information content (AvgIpc) is 2.39. The van der Waals surface area contributed by atoms with Crippen LogP contribution in [-0.4, -0.2) is 44.4 Å². The van der Waals surface area contributed by atoms with E-state index in [-0.39, 0.29) is 23.8 Å². The van der Waals surface area contributed by atoms with Crippen LogP contribution in [0, 0.1) is 6.92 Å². The molecule has 0 fully saturated rings. The maximum absolute atomic E-state index is 12.1. The molecule has 0 atom stereocenters. The molecule has 0 amide bonds. The number of halogens is 1. The Kier molecular flexibility index (Phi) is 5.73. The number of hydrogen-bond acceptors (Lipinski definition) is 5. The number of esters is 1. The molecule has 112 valence electrons. The van der Waals surface area contributed by atoms with Crippen molar-refractivity contribution in [2.75, 3.05) is 25.4 Å². The molecule has 1 N–H and O–H groups in total. The van der Waals surface area contributed by atoms with E-state index in [0.717, 1.165) is 4.31 Å². The summed E-state index contributed by atoms with van der Waals surface area (Å²) in [6.07, 6.45) is 1.45. The average molecular weight is 322 g/mol. The van der Waals surface area contributed by atoms with Gasteiger partial charge < -0.3 is 4.74 Å². The number of hydrogen-bond donors (Lipinski definition) is 1. The molecule has 0 aliphatic rings. The zero-order chi connectivity index (χ0) is 15.3. The summed E-state index contributed by atoms with van der Waals surface area (Å²) < 4.78 is 32.0. The molecule has 0 bridgehead atoms. The van der Waals surface area contributed by atoms with Crippen molar-refractivity contribution >= 4 is 33.5 Å². The van der Waals surface area contributed by atoms with Gasteiger partial charge in [-0.15, -0.1) is 0 Å². The summed E-state index contributed by atoms with van der Waals surface area (Å²) in [6.45, 7) is 1.71. The number of aryl methyl sites for hydroxylation is 1. The maximum Gasteiger partial charge on any atom is 0.306 e. The van der Waals surface area contributed by atoms with E-state index < -0.39 is 16.2 Å². The van der Waals surface area contributed by atoms with Crippen LogP contribution in [0.2, 0.25) is 5.15 Å². The van der Waals surface area contributed by atoms with Gasteiger partial charge in [0.2, 0.25) is 0 Å². The van der Waals surface area contributed by atoms with E-state index in [4.69, 9.17) is 11.6 Å². The first-order chi connectivity index (χ1) is 9.27. The molecule has 7 nitrogen and oxygen atoms in total. The van der Waals surface area contributed by atoms with Crippen LogP contribution >= 0.6 is 11.6 Å². The zero-order valence-electron chi connectivity index (χ0n) is 11.4. The highest BCUT2D eigenvalue weighted by Gasteiger charge is 2.21. The van der Waals surface area contributed by atoms with E-state index in [1.165, 1.54) is 20.4 Å². The van der Waals surface area contributed by atoms with Gasteiger partial charge in [-0.1, -0.05) is 11.6 Å². The molecule has 0 spiro atoms. The van der Waals surface area contributed by atoms with E-state index in [0.29, 0.717) is 5.56 Å². The molecule has 0 saturated carbocycles. The lowest BCUT2D eigenvalue weighted by Gasteiger charge is -2.19. The largest absolute Gasteiger partial charge is 0.469 e. The first kappa shape index (κ1) is 16.7. The summed E-state index contributed by atoms with van der Waals surface area (Å²) in [6, 6.07) is 1.64. The Hall–Kier alpha value is -1.38. The zero-order valence-corrected chi connectivity index (χ0v) is 13.0. The van der Waals surface area contributed by atoms with E-state index in [1.54, 1.807) is 13.0 Å². The van der Waals surface area contributed by atoms with Crippen LogP contribution < -0.4 is 4.72 Å². The summed E-state index contributed by atoms with van der Waals surface area (Å²) in [7, 11) is -1.22. The van der Waals surface area contributed by atoms with Crippen LogP contribution in [0.5, 0.6) is 0 Å². The number of nitrogens with zero attached hydrogens (tertiary/aromatic N) is 2. The molecular weight excluding hydrogens is 306 g/mol. The second-order valence-electron chi connectivity index (χ2n) is 4.05. The second kappa shape index (κ2) is 6.87. The molecule has 0 unspecified atom stereocenters. The quantitative estimate of drug-likeness (QED) is 0.628. The van der Waals surface area contributed by atoms with Gasteiger partial charge in [0.25, 0.3) is 0 Å². The molecule has 9 heteroatoms. The number of rotatable bonds is 6. The molecule has 20 heavy (non-hydrogen) atoms. The normalized spacial score (nSPS) is 11.4. The third kappa shape index (κ3) is 4.32. The Bertz CT molecular complexity index is 571. The number of ether oxygens (including phenoxy) is 1. The molecule has 1 rings (SSSR count). The molecular formula is C11H16ClN3O4S. The Morgan fingerprint density at radius 2 is 2.20 bits per heavy atom. The lowest BCUT2D eigenvalue weighted by molar-refractivity contribution is -0.140. The van der Waals surface area contributed by atoms with Gasteiger partial charge in [-0.05, 0) is 18.6 Å². The fraction of sp³-hybridized carbons (Fsp3) is 0.455. The predicted molar refractivity (Wildman–Crippen MR) is 75.8 cm³/mol. The van der Waals surface area contributed by atoms with E-state index >= 15 is 0 Å². The topological polar surface area (TPSA) is 88.6 Å². The van der Waals surface area contributed by atoms with Crippen LogP contribution in [0.25, 0.3) is 0 Å². The minimum absolute atomic E-state index is 0.00106. The van der Waals surface area contributed by atoms with Crippen LogP contribution in [-0.2, 0) is 19.7 Å². The molecule has 0 radical (unpaired) electrons. The van der Waals surface area contributed by atoms with Gasteiger partial charge in [-0.25, -0.2) is 4.98 Å². The minimum atomic E-state index is -3.81. The number of anilines is 1. The highest BCUT2D eigenvalue weighted by molar-refractivity contribution is 7.90. The monoisotopic (exact) mass is 321 g/mol. The van der Waals surface area contributed by atoms with E-state index in [9.17, 15) is 13.2 Å². The highest BCUT2D eigenvalue weighted by Crippen LogP contribution is 2.24. The predicted octanol–water partition coefficient (Wildman–Crippen LogP) is 1.20. The number of carbonyl (C=O) groups excluding carboxylic acids is 1. The van der Waals surface area contributed by atoms with Gasteiger partial charge in [0.1, 0.15) is 0 Å². The van der Waals surface area contributed by atoms with Crippen molar-refractivity contribution in [2.45, 2.75) is 13.3 Å². The first-order valence-electron chi connectivity index (χ1n) is 5.70. The van der Waals surface area contributed by atoms with Crippen molar-refractivity contribution in [3.8, 4) is 0 Å². The van der Waals surface area contributed by atoms with Crippen LogP contribution in [0.1, 0.15) is 12.0 Å². The van der Waals surface area contributed by atoms with Crippen molar-refractivity contribution in [1.29, 1.82) is 0 Å². The van der Waals surface area contributed by atoms with Crippen molar-refractivity contribution in [3.63, 3.8) is 0 Å². The summed E-state index contributed by atoms with van der Waals surface area (Å²) in [5.41, 5.74) is 0.869. The lowest BCUT2D eigenvalue weighted by Crippen LogP contribution is -2.34. The van der Waals surface area contributed by atoms with Crippen molar-refractivity contribution < 1.29 is 17.9 Å². The molecule has 1 aromatic rings. The summed E-state index contributed by atoms with van der Waals surface area (Å²) >= 11 is 5.86. The Labute approximate surface area is 123 Å². The first-order valence-corrected chi connectivity index (χ1v) is 7.51.